The number of hydrogen-bond donors (Lipinski definition) is 2. The van der Waals surface area contributed by atoms with E-state index in [-0.39, 0.29) is 5.75 Å². The fourth-order valence-corrected chi connectivity index (χ4v) is 2.45. The van der Waals surface area contributed by atoms with Crippen LogP contribution in [-0.4, -0.2) is 22.4 Å². The van der Waals surface area contributed by atoms with E-state index in [1.165, 1.54) is 7.11 Å². The highest BCUT2D eigenvalue weighted by Gasteiger charge is 2.14. The Morgan fingerprint density at radius 3 is 2.61 bits per heavy atom. The zero-order valence-corrected chi connectivity index (χ0v) is 13.6. The highest BCUT2D eigenvalue weighted by atomic mass is 16.5. The van der Waals surface area contributed by atoms with Gasteiger partial charge in [-0.05, 0) is 36.1 Å². The number of aromatic nitrogens is 2. The molecule has 2 aromatic rings. The average molecular weight is 312 g/mol. The molecule has 1 aromatic carbocycles. The molecule has 0 aliphatic carbocycles. The van der Waals surface area contributed by atoms with Gasteiger partial charge in [0.1, 0.15) is 11.6 Å². The van der Waals surface area contributed by atoms with Crippen LogP contribution >= 0.6 is 0 Å². The van der Waals surface area contributed by atoms with Gasteiger partial charge in [-0.2, -0.15) is 10.4 Å². The van der Waals surface area contributed by atoms with Crippen LogP contribution < -0.4 is 10.1 Å². The van der Waals surface area contributed by atoms with Gasteiger partial charge in [-0.3, -0.25) is 0 Å². The van der Waals surface area contributed by atoms with Gasteiger partial charge in [0.2, 0.25) is 0 Å². The molecule has 0 radical (unpaired) electrons. The summed E-state index contributed by atoms with van der Waals surface area (Å²) in [6.45, 7) is 4.43. The summed E-state index contributed by atoms with van der Waals surface area (Å²) in [5, 5.41) is 30.7. The molecule has 6 nitrogen and oxygen atoms in total. The summed E-state index contributed by atoms with van der Waals surface area (Å²) in [5.74, 6) is 0.970. The molecule has 0 fully saturated rings. The first-order valence-corrected chi connectivity index (χ1v) is 7.52. The quantitative estimate of drug-likeness (QED) is 0.852. The molecule has 2 N–H and O–H groups in total. The average Bonchev–Trinajstić information content (AvgIpc) is 2.58. The number of anilines is 1. The number of methoxy groups -OCH3 is 1. The fraction of sp³-hybridized carbons (Fsp3) is 0.353. The summed E-state index contributed by atoms with van der Waals surface area (Å²) in [6, 6.07) is 7.37. The van der Waals surface area contributed by atoms with Crippen LogP contribution in [0.4, 0.5) is 5.82 Å². The minimum Gasteiger partial charge on any atom is -0.504 e. The van der Waals surface area contributed by atoms with E-state index in [4.69, 9.17) is 4.74 Å². The Morgan fingerprint density at radius 1 is 1.26 bits per heavy atom. The Morgan fingerprint density at radius 2 is 2.04 bits per heavy atom. The number of nitrogens with one attached hydrogen (secondary N) is 1. The number of phenols is 1. The number of aromatic hydroxyl groups is 1. The van der Waals surface area contributed by atoms with Crippen LogP contribution in [0.5, 0.6) is 11.5 Å². The Kier molecular flexibility index (Phi) is 5.36. The molecule has 0 spiro atoms. The highest BCUT2D eigenvalue weighted by Crippen LogP contribution is 2.27. The minimum absolute atomic E-state index is 0.0777. The van der Waals surface area contributed by atoms with E-state index < -0.39 is 0 Å². The fourth-order valence-electron chi connectivity index (χ4n) is 2.45. The molecule has 6 heteroatoms. The smallest absolute Gasteiger partial charge is 0.167 e. The van der Waals surface area contributed by atoms with Crippen molar-refractivity contribution in [1.82, 2.24) is 10.2 Å². The number of hydrogen-bond acceptors (Lipinski definition) is 6. The van der Waals surface area contributed by atoms with Crippen molar-refractivity contribution in [3.8, 4) is 17.6 Å². The largest absolute Gasteiger partial charge is 0.504 e. The predicted octanol–water partition coefficient (Wildman–Crippen LogP) is 2.80. The summed E-state index contributed by atoms with van der Waals surface area (Å²) in [5.41, 5.74) is 3.19. The second-order valence-corrected chi connectivity index (χ2v) is 5.03. The monoisotopic (exact) mass is 312 g/mol. The lowest BCUT2D eigenvalue weighted by Gasteiger charge is -2.12. The predicted molar refractivity (Wildman–Crippen MR) is 87.5 cm³/mol. The number of ether oxygens (including phenoxy) is 1. The third-order valence-corrected chi connectivity index (χ3v) is 3.66. The Labute approximate surface area is 135 Å². The maximum Gasteiger partial charge on any atom is 0.167 e. The molecule has 0 saturated carbocycles. The molecule has 0 aliphatic heterocycles. The van der Waals surface area contributed by atoms with Crippen molar-refractivity contribution in [2.75, 3.05) is 12.4 Å². The van der Waals surface area contributed by atoms with E-state index in [1.807, 2.05) is 19.9 Å². The summed E-state index contributed by atoms with van der Waals surface area (Å²) in [6.07, 6.45) is 1.48. The molecule has 120 valence electrons. The van der Waals surface area contributed by atoms with Crippen LogP contribution in [0.25, 0.3) is 0 Å². The van der Waals surface area contributed by atoms with Gasteiger partial charge in [-0.1, -0.05) is 19.9 Å². The van der Waals surface area contributed by atoms with Gasteiger partial charge in [0, 0.05) is 6.54 Å². The van der Waals surface area contributed by atoms with Crippen LogP contribution in [0.3, 0.4) is 0 Å². The highest BCUT2D eigenvalue weighted by molar-refractivity contribution is 5.57. The first kappa shape index (κ1) is 16.6. The van der Waals surface area contributed by atoms with Gasteiger partial charge < -0.3 is 15.2 Å². The van der Waals surface area contributed by atoms with Crippen molar-refractivity contribution >= 4 is 5.82 Å². The van der Waals surface area contributed by atoms with E-state index in [0.29, 0.717) is 23.7 Å². The molecule has 0 saturated heterocycles. The van der Waals surface area contributed by atoms with Crippen LogP contribution in [0.2, 0.25) is 0 Å². The van der Waals surface area contributed by atoms with E-state index in [9.17, 15) is 10.4 Å². The Hall–Kier alpha value is -2.81. The molecule has 0 unspecified atom stereocenters. The summed E-state index contributed by atoms with van der Waals surface area (Å²) >= 11 is 0. The number of benzene rings is 1. The molecule has 1 heterocycles. The van der Waals surface area contributed by atoms with E-state index in [1.54, 1.807) is 12.1 Å². The second kappa shape index (κ2) is 7.45. The number of phenolic OH excluding ortho intramolecular Hbond substituents is 1. The molecule has 23 heavy (non-hydrogen) atoms. The lowest BCUT2D eigenvalue weighted by atomic mass is 10.0. The zero-order valence-electron chi connectivity index (χ0n) is 13.6. The van der Waals surface area contributed by atoms with Gasteiger partial charge in [0.05, 0.1) is 12.8 Å². The van der Waals surface area contributed by atoms with E-state index in [0.717, 1.165) is 29.7 Å². The standard InChI is InChI=1S/C17H20N4O2/c1-4-12-13(9-18)17(21-20-14(12)5-2)19-10-11-6-7-16(23-3)15(22)8-11/h6-8,22H,4-5,10H2,1-3H3,(H,19,21). The van der Waals surface area contributed by atoms with Crippen LogP contribution in [0.1, 0.15) is 36.2 Å². The Balaban J connectivity index is 2.24. The first-order chi connectivity index (χ1) is 11.1. The van der Waals surface area contributed by atoms with Crippen molar-refractivity contribution in [3.05, 3.63) is 40.6 Å². The summed E-state index contributed by atoms with van der Waals surface area (Å²) in [4.78, 5) is 0. The third-order valence-electron chi connectivity index (χ3n) is 3.66. The first-order valence-electron chi connectivity index (χ1n) is 7.52. The van der Waals surface area contributed by atoms with Gasteiger partial charge >= 0.3 is 0 Å². The zero-order chi connectivity index (χ0) is 16.8. The van der Waals surface area contributed by atoms with Crippen LogP contribution in [0.15, 0.2) is 18.2 Å². The SMILES string of the molecule is CCc1nnc(NCc2ccc(OC)c(O)c2)c(C#N)c1CC. The van der Waals surface area contributed by atoms with E-state index in [2.05, 4.69) is 21.6 Å². The lowest BCUT2D eigenvalue weighted by molar-refractivity contribution is 0.373. The third kappa shape index (κ3) is 3.51. The van der Waals surface area contributed by atoms with Crippen molar-refractivity contribution < 1.29 is 9.84 Å². The second-order valence-electron chi connectivity index (χ2n) is 5.03. The van der Waals surface area contributed by atoms with Crippen molar-refractivity contribution in [3.63, 3.8) is 0 Å². The molecule has 2 rings (SSSR count). The molecule has 1 aromatic heterocycles. The van der Waals surface area contributed by atoms with Gasteiger partial charge in [-0.25, -0.2) is 0 Å². The van der Waals surface area contributed by atoms with Gasteiger partial charge in [0.15, 0.2) is 17.3 Å². The van der Waals surface area contributed by atoms with Crippen molar-refractivity contribution in [2.24, 2.45) is 0 Å². The molecule has 0 amide bonds. The van der Waals surface area contributed by atoms with Crippen LogP contribution in [0, 0.1) is 11.3 Å². The number of rotatable bonds is 6. The van der Waals surface area contributed by atoms with E-state index >= 15 is 0 Å². The number of aryl methyl sites for hydroxylation is 1. The summed E-state index contributed by atoms with van der Waals surface area (Å²) < 4.78 is 5.02. The maximum absolute atomic E-state index is 9.81. The van der Waals surface area contributed by atoms with Gasteiger partial charge in [0.25, 0.3) is 0 Å². The number of nitriles is 1. The Bertz CT molecular complexity index is 738. The normalized spacial score (nSPS) is 10.2. The lowest BCUT2D eigenvalue weighted by Crippen LogP contribution is -2.10. The number of nitrogens with zero attached hydrogens (tertiary/aromatic N) is 3. The molecular weight excluding hydrogens is 292 g/mol. The van der Waals surface area contributed by atoms with Crippen molar-refractivity contribution in [1.29, 1.82) is 5.26 Å². The van der Waals surface area contributed by atoms with Gasteiger partial charge in [-0.15, -0.1) is 5.10 Å². The minimum atomic E-state index is 0.0777. The maximum atomic E-state index is 9.81. The molecule has 0 aliphatic rings. The molecule has 0 bridgehead atoms. The molecular formula is C17H20N4O2. The van der Waals surface area contributed by atoms with Crippen molar-refractivity contribution in [2.45, 2.75) is 33.2 Å². The van der Waals surface area contributed by atoms with Crippen LogP contribution in [-0.2, 0) is 19.4 Å². The summed E-state index contributed by atoms with van der Waals surface area (Å²) in [7, 11) is 1.50. The topological polar surface area (TPSA) is 91.1 Å². The molecule has 0 atom stereocenters.